The van der Waals surface area contributed by atoms with Crippen molar-refractivity contribution in [3.63, 3.8) is 0 Å². The molecule has 40 heavy (non-hydrogen) atoms. The summed E-state index contributed by atoms with van der Waals surface area (Å²) in [5.41, 5.74) is -2.32. The van der Waals surface area contributed by atoms with Crippen LogP contribution in [-0.2, 0) is 9.84 Å². The molecular weight excluding hydrogens is 549 g/mol. The number of ether oxygens (including phenoxy) is 1. The van der Waals surface area contributed by atoms with Crippen LogP contribution in [0.3, 0.4) is 0 Å². The first-order valence-corrected chi connectivity index (χ1v) is 14.7. The standard InChI is InChI=1S/C28H33F3N2O6S/c1-17(26(2,3)36)32-23-14-18(24(34)16-27(4)10-12-40(37,38)13-11-27)6-9-21(23)33(25(32)35)22-15-19(7-8-20(22)29)39-28(5,30)31/h6-9,14-15,17,36H,10-13,16H2,1-5H3/t17-/m1/s1. The van der Waals surface area contributed by atoms with Crippen LogP contribution in [0.15, 0.2) is 41.2 Å². The fourth-order valence-corrected chi connectivity index (χ4v) is 6.76. The van der Waals surface area contributed by atoms with Gasteiger partial charge in [0.1, 0.15) is 21.4 Å². The minimum atomic E-state index is -3.54. The van der Waals surface area contributed by atoms with Crippen LogP contribution < -0.4 is 10.4 Å². The van der Waals surface area contributed by atoms with Crippen LogP contribution in [0.2, 0.25) is 0 Å². The number of carbonyl (C=O) groups is 1. The van der Waals surface area contributed by atoms with Gasteiger partial charge in [-0.3, -0.25) is 13.9 Å². The molecule has 0 aliphatic carbocycles. The third-order valence-electron chi connectivity index (χ3n) is 7.68. The molecule has 12 heteroatoms. The first-order chi connectivity index (χ1) is 18.3. The number of ketones is 1. The number of nitrogens with zero attached hydrogens (tertiary/aromatic N) is 2. The second-order valence-electron chi connectivity index (χ2n) is 11.6. The van der Waals surface area contributed by atoms with E-state index < -0.39 is 44.5 Å². The number of sulfone groups is 1. The minimum absolute atomic E-state index is 0.0135. The van der Waals surface area contributed by atoms with Gasteiger partial charge in [-0.05, 0) is 69.4 Å². The minimum Gasteiger partial charge on any atom is -0.433 e. The molecule has 4 rings (SSSR count). The molecule has 1 fully saturated rings. The average molecular weight is 583 g/mol. The SMILES string of the molecule is C[C@@H](n1c(=O)n(-c2cc(OC(C)(F)F)ccc2F)c2ccc(C(=O)CC3(C)CCS(=O)(=O)CC3)cc21)C(C)(C)O. The number of halogens is 3. The van der Waals surface area contributed by atoms with Gasteiger partial charge in [0.15, 0.2) is 5.78 Å². The number of carbonyl (C=O) groups excluding carboxylic acids is 1. The topological polar surface area (TPSA) is 108 Å². The third-order valence-corrected chi connectivity index (χ3v) is 9.33. The van der Waals surface area contributed by atoms with Gasteiger partial charge in [0, 0.05) is 25.0 Å². The van der Waals surface area contributed by atoms with E-state index in [-0.39, 0.29) is 51.7 Å². The quantitative estimate of drug-likeness (QED) is 0.373. The largest absolute Gasteiger partial charge is 0.433 e. The van der Waals surface area contributed by atoms with Crippen molar-refractivity contribution in [1.29, 1.82) is 0 Å². The second kappa shape index (κ2) is 10.1. The Morgan fingerprint density at radius 2 is 1.73 bits per heavy atom. The number of aliphatic hydroxyl groups is 1. The smallest absolute Gasteiger partial charge is 0.394 e. The summed E-state index contributed by atoms with van der Waals surface area (Å²) in [4.78, 5) is 27.1. The van der Waals surface area contributed by atoms with Gasteiger partial charge in [-0.15, -0.1) is 0 Å². The molecule has 1 N–H and O–H groups in total. The van der Waals surface area contributed by atoms with Crippen LogP contribution in [-0.4, -0.2) is 51.7 Å². The van der Waals surface area contributed by atoms with E-state index in [0.29, 0.717) is 19.8 Å². The van der Waals surface area contributed by atoms with Gasteiger partial charge in [-0.1, -0.05) is 6.92 Å². The monoisotopic (exact) mass is 582 g/mol. The maximum absolute atomic E-state index is 15.0. The molecule has 1 atom stereocenters. The van der Waals surface area contributed by atoms with E-state index in [1.807, 2.05) is 6.92 Å². The fourth-order valence-electron chi connectivity index (χ4n) is 4.95. The van der Waals surface area contributed by atoms with Crippen molar-refractivity contribution in [1.82, 2.24) is 9.13 Å². The lowest BCUT2D eigenvalue weighted by Crippen LogP contribution is -2.37. The predicted molar refractivity (Wildman–Crippen MR) is 145 cm³/mol. The molecule has 0 radical (unpaired) electrons. The Balaban J connectivity index is 1.85. The molecule has 1 aromatic heterocycles. The van der Waals surface area contributed by atoms with Crippen LogP contribution in [0.4, 0.5) is 13.2 Å². The van der Waals surface area contributed by atoms with Crippen molar-refractivity contribution in [2.75, 3.05) is 11.5 Å². The zero-order chi connectivity index (χ0) is 29.8. The summed E-state index contributed by atoms with van der Waals surface area (Å²) in [6, 6.07) is 6.52. The summed E-state index contributed by atoms with van der Waals surface area (Å²) in [6.07, 6.45) is -2.74. The van der Waals surface area contributed by atoms with Gasteiger partial charge in [0.05, 0.1) is 39.9 Å². The fraction of sp³-hybridized carbons (Fsp3) is 0.500. The Hall–Kier alpha value is -3.12. The normalized spacial score (nSPS) is 18.0. The summed E-state index contributed by atoms with van der Waals surface area (Å²) in [5.74, 6) is -1.46. The highest BCUT2D eigenvalue weighted by molar-refractivity contribution is 7.91. The van der Waals surface area contributed by atoms with E-state index in [0.717, 1.165) is 22.8 Å². The van der Waals surface area contributed by atoms with E-state index in [1.54, 1.807) is 6.92 Å². The molecule has 2 aromatic carbocycles. The summed E-state index contributed by atoms with van der Waals surface area (Å²) in [5, 5.41) is 10.7. The van der Waals surface area contributed by atoms with Crippen LogP contribution in [0.5, 0.6) is 5.75 Å². The van der Waals surface area contributed by atoms with Gasteiger partial charge in [0.25, 0.3) is 0 Å². The number of rotatable bonds is 8. The lowest BCUT2D eigenvalue weighted by atomic mass is 9.78. The number of fused-ring (bicyclic) bond motifs is 1. The van der Waals surface area contributed by atoms with E-state index in [4.69, 9.17) is 0 Å². The van der Waals surface area contributed by atoms with Gasteiger partial charge in [-0.2, -0.15) is 8.78 Å². The number of aromatic nitrogens is 2. The number of benzene rings is 2. The number of hydrogen-bond acceptors (Lipinski definition) is 6. The molecule has 0 bridgehead atoms. The van der Waals surface area contributed by atoms with Gasteiger partial charge in [-0.25, -0.2) is 17.6 Å². The van der Waals surface area contributed by atoms with Crippen molar-refractivity contribution in [2.45, 2.75) is 71.6 Å². The van der Waals surface area contributed by atoms with Crippen LogP contribution >= 0.6 is 0 Å². The summed E-state index contributed by atoms with van der Waals surface area (Å²) < 4.78 is 72.6. The van der Waals surface area contributed by atoms with Crippen LogP contribution in [0.25, 0.3) is 16.7 Å². The lowest BCUT2D eigenvalue weighted by Gasteiger charge is -2.32. The van der Waals surface area contributed by atoms with E-state index in [1.165, 1.54) is 36.6 Å². The predicted octanol–water partition coefficient (Wildman–Crippen LogP) is 5.04. The molecular formula is C28H33F3N2O6S. The highest BCUT2D eigenvalue weighted by Gasteiger charge is 2.36. The first-order valence-electron chi connectivity index (χ1n) is 12.9. The number of imidazole rings is 1. The van der Waals surface area contributed by atoms with Crippen molar-refractivity contribution in [3.8, 4) is 11.4 Å². The molecule has 0 spiro atoms. The Kier molecular flexibility index (Phi) is 7.51. The molecule has 0 saturated carbocycles. The molecule has 0 unspecified atom stereocenters. The second-order valence-corrected chi connectivity index (χ2v) is 13.9. The van der Waals surface area contributed by atoms with E-state index in [9.17, 15) is 31.9 Å². The van der Waals surface area contributed by atoms with Crippen molar-refractivity contribution < 1.29 is 36.2 Å². The Bertz CT molecular complexity index is 1620. The first kappa shape index (κ1) is 29.9. The lowest BCUT2D eigenvalue weighted by molar-refractivity contribution is -0.158. The molecule has 218 valence electrons. The molecule has 1 aliphatic heterocycles. The number of hydrogen-bond donors (Lipinski definition) is 1. The molecule has 8 nitrogen and oxygen atoms in total. The van der Waals surface area contributed by atoms with Gasteiger partial charge in [0.2, 0.25) is 0 Å². The number of Topliss-reactive ketones (excluding diaryl/α,β-unsaturated/α-hetero) is 1. The molecule has 3 aromatic rings. The maximum atomic E-state index is 15.0. The summed E-state index contributed by atoms with van der Waals surface area (Å²) >= 11 is 0. The van der Waals surface area contributed by atoms with Crippen molar-refractivity contribution in [3.05, 3.63) is 58.3 Å². The maximum Gasteiger partial charge on any atom is 0.394 e. The van der Waals surface area contributed by atoms with Crippen LogP contribution in [0, 0.1) is 11.2 Å². The molecule has 0 amide bonds. The number of alkyl halides is 2. The van der Waals surface area contributed by atoms with Gasteiger partial charge < -0.3 is 9.84 Å². The van der Waals surface area contributed by atoms with E-state index in [2.05, 4.69) is 4.74 Å². The highest BCUT2D eigenvalue weighted by atomic mass is 32.2. The van der Waals surface area contributed by atoms with Crippen LogP contribution in [0.1, 0.15) is 70.3 Å². The Morgan fingerprint density at radius 1 is 1.10 bits per heavy atom. The Morgan fingerprint density at radius 3 is 2.30 bits per heavy atom. The molecule has 1 saturated heterocycles. The zero-order valence-electron chi connectivity index (χ0n) is 23.0. The summed E-state index contributed by atoms with van der Waals surface area (Å²) in [7, 11) is -3.11. The van der Waals surface area contributed by atoms with E-state index >= 15 is 4.39 Å². The average Bonchev–Trinajstić information content (AvgIpc) is 3.11. The van der Waals surface area contributed by atoms with Gasteiger partial charge >= 0.3 is 11.8 Å². The Labute approximate surface area is 230 Å². The highest BCUT2D eigenvalue weighted by Crippen LogP contribution is 2.37. The van der Waals surface area contributed by atoms with Crippen molar-refractivity contribution in [2.24, 2.45) is 5.41 Å². The zero-order valence-corrected chi connectivity index (χ0v) is 23.8. The summed E-state index contributed by atoms with van der Waals surface area (Å²) in [6.45, 7) is 7.00. The molecule has 2 heterocycles. The van der Waals surface area contributed by atoms with Crippen molar-refractivity contribution >= 4 is 26.7 Å². The molecule has 1 aliphatic rings. The third kappa shape index (κ3) is 6.12.